The maximum atomic E-state index is 12.2. The molecular weight excluding hydrogens is 296 g/mol. The Morgan fingerprint density at radius 3 is 2.86 bits per heavy atom. The number of aromatic nitrogens is 5. The molecule has 0 saturated carbocycles. The number of thioether (sulfide) groups is 1. The largest absolute Gasteiger partial charge is 0.384 e. The van der Waals surface area contributed by atoms with Crippen molar-refractivity contribution in [3.63, 3.8) is 0 Å². The molecule has 0 radical (unpaired) electrons. The number of ketones is 1. The first-order valence-electron chi connectivity index (χ1n) is 6.18. The van der Waals surface area contributed by atoms with Gasteiger partial charge in [0.2, 0.25) is 0 Å². The van der Waals surface area contributed by atoms with Crippen LogP contribution >= 0.6 is 11.8 Å². The van der Waals surface area contributed by atoms with Crippen LogP contribution in [0.5, 0.6) is 0 Å². The average Bonchev–Trinajstić information content (AvgIpc) is 2.94. The van der Waals surface area contributed by atoms with E-state index in [9.17, 15) is 14.4 Å². The number of nitrogens with zero attached hydrogens (tertiary/aromatic N) is 3. The first kappa shape index (κ1) is 15.0. The van der Waals surface area contributed by atoms with E-state index < -0.39 is 17.0 Å². The van der Waals surface area contributed by atoms with Crippen molar-refractivity contribution in [2.24, 2.45) is 0 Å². The molecule has 0 atom stereocenters. The number of anilines is 1. The number of rotatable bonds is 6. The van der Waals surface area contributed by atoms with Crippen LogP contribution in [-0.2, 0) is 6.54 Å². The molecule has 0 saturated heterocycles. The van der Waals surface area contributed by atoms with Crippen LogP contribution in [0.3, 0.4) is 0 Å². The summed E-state index contributed by atoms with van der Waals surface area (Å²) in [4.78, 5) is 41.6. The second-order valence-electron chi connectivity index (χ2n) is 4.17. The van der Waals surface area contributed by atoms with E-state index in [2.05, 4.69) is 20.2 Å². The number of carbonyl (C=O) groups is 1. The highest BCUT2D eigenvalue weighted by molar-refractivity contribution is 7.99. The fourth-order valence-corrected chi connectivity index (χ4v) is 2.42. The van der Waals surface area contributed by atoms with Gasteiger partial charge in [0.1, 0.15) is 17.7 Å². The highest BCUT2D eigenvalue weighted by atomic mass is 32.2. The number of nitrogen functional groups attached to an aromatic ring is 1. The molecule has 0 aliphatic heterocycles. The van der Waals surface area contributed by atoms with Crippen molar-refractivity contribution < 1.29 is 4.79 Å². The van der Waals surface area contributed by atoms with Crippen LogP contribution < -0.4 is 17.0 Å². The highest BCUT2D eigenvalue weighted by Gasteiger charge is 2.19. The summed E-state index contributed by atoms with van der Waals surface area (Å²) in [5.41, 5.74) is 4.22. The zero-order valence-electron chi connectivity index (χ0n) is 11.3. The molecule has 2 aromatic rings. The predicted octanol–water partition coefficient (Wildman–Crippen LogP) is -0.378. The molecule has 2 rings (SSSR count). The molecule has 0 fully saturated rings. The van der Waals surface area contributed by atoms with Gasteiger partial charge in [0, 0.05) is 6.54 Å². The molecule has 0 aliphatic carbocycles. The predicted molar refractivity (Wildman–Crippen MR) is 77.5 cm³/mol. The van der Waals surface area contributed by atoms with Gasteiger partial charge in [-0.25, -0.2) is 9.78 Å². The van der Waals surface area contributed by atoms with Gasteiger partial charge in [-0.1, -0.05) is 18.7 Å². The van der Waals surface area contributed by atoms with Gasteiger partial charge in [-0.3, -0.25) is 24.2 Å². The second-order valence-corrected chi connectivity index (χ2v) is 5.14. The van der Waals surface area contributed by atoms with Gasteiger partial charge in [-0.05, 0) is 6.42 Å². The fraction of sp³-hybridized carbons (Fsp3) is 0.364. The summed E-state index contributed by atoms with van der Waals surface area (Å²) in [6.45, 7) is 2.19. The smallest absolute Gasteiger partial charge is 0.329 e. The molecular formula is C11H14N6O3S. The number of nitrogens with one attached hydrogen (secondary N) is 2. The van der Waals surface area contributed by atoms with E-state index in [1.165, 1.54) is 10.9 Å². The third-order valence-corrected chi connectivity index (χ3v) is 3.58. The number of nitrogens with two attached hydrogens (primary N) is 1. The van der Waals surface area contributed by atoms with Crippen molar-refractivity contribution in [3.05, 3.63) is 32.7 Å². The van der Waals surface area contributed by atoms with E-state index in [1.54, 1.807) is 0 Å². The Balaban J connectivity index is 2.30. The van der Waals surface area contributed by atoms with Gasteiger partial charge in [0.05, 0.1) is 5.75 Å². The summed E-state index contributed by atoms with van der Waals surface area (Å²) in [5, 5.41) is 6.70. The van der Waals surface area contributed by atoms with Crippen molar-refractivity contribution in [1.29, 1.82) is 0 Å². The number of H-pyrrole nitrogens is 2. The maximum absolute atomic E-state index is 12.2. The fourth-order valence-electron chi connectivity index (χ4n) is 1.77. The Morgan fingerprint density at radius 2 is 2.24 bits per heavy atom. The minimum Gasteiger partial charge on any atom is -0.384 e. The Kier molecular flexibility index (Phi) is 4.58. The van der Waals surface area contributed by atoms with Crippen LogP contribution in [0.1, 0.15) is 23.7 Å². The number of hydrogen-bond donors (Lipinski definition) is 3. The minimum absolute atomic E-state index is 0.0349. The summed E-state index contributed by atoms with van der Waals surface area (Å²) in [7, 11) is 0. The zero-order valence-corrected chi connectivity index (χ0v) is 12.1. The van der Waals surface area contributed by atoms with E-state index in [4.69, 9.17) is 5.73 Å². The van der Waals surface area contributed by atoms with Crippen LogP contribution in [-0.4, -0.2) is 36.3 Å². The number of carbonyl (C=O) groups excluding carboxylic acids is 1. The van der Waals surface area contributed by atoms with Gasteiger partial charge < -0.3 is 5.73 Å². The van der Waals surface area contributed by atoms with E-state index in [1.807, 2.05) is 6.92 Å². The second kappa shape index (κ2) is 6.39. The molecule has 9 nitrogen and oxygen atoms in total. The summed E-state index contributed by atoms with van der Waals surface area (Å²) in [5.74, 6) is -0.610. The van der Waals surface area contributed by atoms with Crippen molar-refractivity contribution in [1.82, 2.24) is 24.7 Å². The minimum atomic E-state index is -0.770. The molecule has 0 aromatic carbocycles. The van der Waals surface area contributed by atoms with Gasteiger partial charge in [0.25, 0.3) is 5.56 Å². The highest BCUT2D eigenvalue weighted by Crippen LogP contribution is 2.14. The van der Waals surface area contributed by atoms with Gasteiger partial charge in [-0.2, -0.15) is 5.10 Å². The molecule has 0 bridgehead atoms. The Morgan fingerprint density at radius 1 is 1.48 bits per heavy atom. The van der Waals surface area contributed by atoms with Crippen LogP contribution in [0.2, 0.25) is 0 Å². The Hall–Kier alpha value is -2.36. The molecule has 0 aliphatic rings. The van der Waals surface area contributed by atoms with E-state index in [0.717, 1.165) is 11.8 Å². The Bertz CT molecular complexity index is 748. The van der Waals surface area contributed by atoms with Crippen molar-refractivity contribution in [2.45, 2.75) is 25.0 Å². The average molecular weight is 310 g/mol. The van der Waals surface area contributed by atoms with Crippen molar-refractivity contribution in [3.8, 4) is 0 Å². The summed E-state index contributed by atoms with van der Waals surface area (Å²) >= 11 is 1.10. The van der Waals surface area contributed by atoms with Gasteiger partial charge >= 0.3 is 5.69 Å². The van der Waals surface area contributed by atoms with Crippen LogP contribution in [0.15, 0.2) is 21.1 Å². The summed E-state index contributed by atoms with van der Waals surface area (Å²) in [6, 6.07) is 0. The summed E-state index contributed by atoms with van der Waals surface area (Å²) < 4.78 is 1.19. The number of hydrogen-bond acceptors (Lipinski definition) is 7. The van der Waals surface area contributed by atoms with Gasteiger partial charge in [-0.15, -0.1) is 0 Å². The quantitative estimate of drug-likeness (QED) is 0.488. The van der Waals surface area contributed by atoms with Crippen molar-refractivity contribution >= 4 is 23.4 Å². The SMILES string of the molecule is CCCn1c(N)c(C(=O)CSc2ncn[nH]2)c(=O)[nH]c1=O. The van der Waals surface area contributed by atoms with Crippen LogP contribution in [0, 0.1) is 0 Å². The molecule has 0 spiro atoms. The molecule has 10 heteroatoms. The van der Waals surface area contributed by atoms with Crippen molar-refractivity contribution in [2.75, 3.05) is 11.5 Å². The lowest BCUT2D eigenvalue weighted by molar-refractivity contribution is 0.102. The first-order chi connectivity index (χ1) is 10.0. The normalized spacial score (nSPS) is 10.7. The molecule has 2 aromatic heterocycles. The molecule has 0 unspecified atom stereocenters. The van der Waals surface area contributed by atoms with Crippen LogP contribution in [0.25, 0.3) is 0 Å². The maximum Gasteiger partial charge on any atom is 0.329 e. The lowest BCUT2D eigenvalue weighted by atomic mass is 10.2. The standard InChI is InChI=1S/C11H14N6O3S/c1-2-3-17-8(12)7(9(19)15-11(17)20)6(18)4-21-10-13-5-14-16-10/h5H,2-4,12H2,1H3,(H,13,14,16)(H,15,19,20). The molecule has 21 heavy (non-hydrogen) atoms. The van der Waals surface area contributed by atoms with E-state index >= 15 is 0 Å². The first-order valence-corrected chi connectivity index (χ1v) is 7.17. The van der Waals surface area contributed by atoms with E-state index in [-0.39, 0.29) is 17.1 Å². The molecule has 4 N–H and O–H groups in total. The topological polar surface area (TPSA) is 140 Å². The van der Waals surface area contributed by atoms with Gasteiger partial charge in [0.15, 0.2) is 10.9 Å². The lowest BCUT2D eigenvalue weighted by Crippen LogP contribution is -2.36. The monoisotopic (exact) mass is 310 g/mol. The Labute approximate surface area is 123 Å². The number of Topliss-reactive ketones (excluding diaryl/α,β-unsaturated/α-hetero) is 1. The third-order valence-electron chi connectivity index (χ3n) is 2.70. The third kappa shape index (κ3) is 3.21. The zero-order chi connectivity index (χ0) is 15.4. The van der Waals surface area contributed by atoms with Crippen LogP contribution in [0.4, 0.5) is 5.82 Å². The summed E-state index contributed by atoms with van der Waals surface area (Å²) in [6.07, 6.45) is 1.96. The van der Waals surface area contributed by atoms with E-state index in [0.29, 0.717) is 18.1 Å². The lowest BCUT2D eigenvalue weighted by Gasteiger charge is -2.10. The molecule has 112 valence electrons. The molecule has 2 heterocycles. The number of aromatic amines is 2. The molecule has 0 amide bonds.